The molecule has 1 atom stereocenters. The Hall–Kier alpha value is -0.770. The fraction of sp³-hybridized carbons (Fsp3) is 0.929. The van der Waals surface area contributed by atoms with E-state index in [1.54, 1.807) is 0 Å². The van der Waals surface area contributed by atoms with Gasteiger partial charge in [0.25, 0.3) is 0 Å². The Bertz CT molecular complexity index is 260. The summed E-state index contributed by atoms with van der Waals surface area (Å²) in [5, 5.41) is 3.23. The van der Waals surface area contributed by atoms with Crippen molar-refractivity contribution in [3.63, 3.8) is 0 Å². The Morgan fingerprint density at radius 3 is 2.39 bits per heavy atom. The van der Waals surface area contributed by atoms with Gasteiger partial charge in [0.15, 0.2) is 0 Å². The molecule has 0 bridgehead atoms. The maximum Gasteiger partial charge on any atom is 0.320 e. The predicted octanol–water partition coefficient (Wildman–Crippen LogP) is 1.91. The highest BCUT2D eigenvalue weighted by atomic mass is 16.2. The van der Waals surface area contributed by atoms with Gasteiger partial charge in [0.05, 0.1) is 0 Å². The number of urea groups is 1. The molecule has 0 aromatic carbocycles. The summed E-state index contributed by atoms with van der Waals surface area (Å²) in [4.78, 5) is 16.6. The number of carbonyl (C=O) groups is 1. The minimum Gasteiger partial charge on any atom is -0.325 e. The van der Waals surface area contributed by atoms with Crippen molar-refractivity contribution in [3.8, 4) is 0 Å². The molecular weight excluding hydrogens is 226 g/mol. The topological polar surface area (TPSA) is 35.6 Å². The molecule has 0 aromatic heterocycles. The molecule has 2 amide bonds. The first kappa shape index (κ1) is 13.7. The molecule has 1 unspecified atom stereocenters. The average molecular weight is 253 g/mol. The summed E-state index contributed by atoms with van der Waals surface area (Å²) in [6.45, 7) is 4.85. The second-order valence-electron chi connectivity index (χ2n) is 5.70. The van der Waals surface area contributed by atoms with E-state index in [1.165, 1.54) is 32.1 Å². The second-order valence-corrected chi connectivity index (χ2v) is 5.70. The lowest BCUT2D eigenvalue weighted by molar-refractivity contribution is 0.129. The first-order valence-corrected chi connectivity index (χ1v) is 7.49. The highest BCUT2D eigenvalue weighted by molar-refractivity contribution is 5.74. The monoisotopic (exact) mass is 253 g/mol. The fourth-order valence-electron chi connectivity index (χ4n) is 3.16. The number of amides is 2. The lowest BCUT2D eigenvalue weighted by Gasteiger charge is -2.36. The molecule has 0 aliphatic carbocycles. The van der Waals surface area contributed by atoms with Gasteiger partial charge in [-0.1, -0.05) is 12.8 Å². The van der Waals surface area contributed by atoms with Crippen LogP contribution in [0.3, 0.4) is 0 Å². The third-order valence-corrected chi connectivity index (χ3v) is 4.16. The summed E-state index contributed by atoms with van der Waals surface area (Å²) in [6.07, 6.45) is 7.34. The SMILES string of the molecule is CNCC1CCCN(C(=O)N2CCCCCC2)C1. The normalized spacial score (nSPS) is 25.9. The van der Waals surface area contributed by atoms with E-state index in [0.29, 0.717) is 5.92 Å². The number of rotatable bonds is 2. The number of hydrogen-bond acceptors (Lipinski definition) is 2. The highest BCUT2D eigenvalue weighted by Gasteiger charge is 2.26. The summed E-state index contributed by atoms with van der Waals surface area (Å²) in [5.41, 5.74) is 0. The van der Waals surface area contributed by atoms with Crippen molar-refractivity contribution < 1.29 is 4.79 Å². The van der Waals surface area contributed by atoms with Crippen LogP contribution in [0.5, 0.6) is 0 Å². The summed E-state index contributed by atoms with van der Waals surface area (Å²) >= 11 is 0. The van der Waals surface area contributed by atoms with E-state index < -0.39 is 0 Å². The number of hydrogen-bond donors (Lipinski definition) is 1. The van der Waals surface area contributed by atoms with Gasteiger partial charge >= 0.3 is 6.03 Å². The smallest absolute Gasteiger partial charge is 0.320 e. The largest absolute Gasteiger partial charge is 0.325 e. The molecule has 2 fully saturated rings. The maximum atomic E-state index is 12.5. The minimum atomic E-state index is 0.290. The summed E-state index contributed by atoms with van der Waals surface area (Å²) in [6, 6.07) is 0.290. The highest BCUT2D eigenvalue weighted by Crippen LogP contribution is 2.19. The first-order valence-electron chi connectivity index (χ1n) is 7.49. The van der Waals surface area contributed by atoms with Gasteiger partial charge in [-0.05, 0) is 45.2 Å². The molecular formula is C14H27N3O. The van der Waals surface area contributed by atoms with Gasteiger partial charge in [0, 0.05) is 26.2 Å². The fourth-order valence-corrected chi connectivity index (χ4v) is 3.16. The molecule has 1 N–H and O–H groups in total. The van der Waals surface area contributed by atoms with Gasteiger partial charge in [-0.25, -0.2) is 4.79 Å². The quantitative estimate of drug-likeness (QED) is 0.816. The lowest BCUT2D eigenvalue weighted by Crippen LogP contribution is -2.49. The van der Waals surface area contributed by atoms with Crippen LogP contribution in [0.2, 0.25) is 0 Å². The van der Waals surface area contributed by atoms with Crippen LogP contribution in [-0.4, -0.2) is 55.6 Å². The number of piperidine rings is 1. The van der Waals surface area contributed by atoms with E-state index in [0.717, 1.165) is 39.1 Å². The van der Waals surface area contributed by atoms with E-state index in [9.17, 15) is 4.79 Å². The zero-order valence-corrected chi connectivity index (χ0v) is 11.7. The maximum absolute atomic E-state index is 12.5. The molecule has 104 valence electrons. The van der Waals surface area contributed by atoms with Gasteiger partial charge in [-0.2, -0.15) is 0 Å². The molecule has 2 aliphatic heterocycles. The van der Waals surface area contributed by atoms with Crippen LogP contribution in [-0.2, 0) is 0 Å². The van der Waals surface area contributed by atoms with Gasteiger partial charge in [-0.3, -0.25) is 0 Å². The summed E-state index contributed by atoms with van der Waals surface area (Å²) in [7, 11) is 2.00. The predicted molar refractivity (Wildman–Crippen MR) is 73.7 cm³/mol. The molecule has 18 heavy (non-hydrogen) atoms. The van der Waals surface area contributed by atoms with Crippen molar-refractivity contribution in [2.24, 2.45) is 5.92 Å². The van der Waals surface area contributed by atoms with Crippen molar-refractivity contribution in [2.45, 2.75) is 38.5 Å². The van der Waals surface area contributed by atoms with E-state index in [2.05, 4.69) is 15.1 Å². The van der Waals surface area contributed by atoms with Crippen molar-refractivity contribution in [1.29, 1.82) is 0 Å². The molecule has 0 spiro atoms. The summed E-state index contributed by atoms with van der Waals surface area (Å²) in [5.74, 6) is 0.639. The van der Waals surface area contributed by atoms with Crippen LogP contribution in [0.1, 0.15) is 38.5 Å². The third-order valence-electron chi connectivity index (χ3n) is 4.16. The molecule has 2 aliphatic rings. The van der Waals surface area contributed by atoms with E-state index in [4.69, 9.17) is 0 Å². The zero-order valence-electron chi connectivity index (χ0n) is 11.7. The third kappa shape index (κ3) is 3.61. The standard InChI is InChI=1S/C14H27N3O/c1-15-11-13-7-6-10-17(12-13)14(18)16-8-4-2-3-5-9-16/h13,15H,2-12H2,1H3. The number of carbonyl (C=O) groups excluding carboxylic acids is 1. The average Bonchev–Trinajstić information content (AvgIpc) is 2.67. The van der Waals surface area contributed by atoms with Crippen LogP contribution in [0.4, 0.5) is 4.79 Å². The Kier molecular flexibility index (Phi) is 5.29. The van der Waals surface area contributed by atoms with Gasteiger partial charge < -0.3 is 15.1 Å². The molecule has 2 heterocycles. The van der Waals surface area contributed by atoms with Crippen LogP contribution in [0, 0.1) is 5.92 Å². The Morgan fingerprint density at radius 1 is 1.06 bits per heavy atom. The van der Waals surface area contributed by atoms with Crippen molar-refractivity contribution in [2.75, 3.05) is 39.8 Å². The molecule has 4 heteroatoms. The second kappa shape index (κ2) is 6.98. The van der Waals surface area contributed by atoms with Crippen LogP contribution in [0.15, 0.2) is 0 Å². The van der Waals surface area contributed by atoms with Crippen molar-refractivity contribution in [3.05, 3.63) is 0 Å². The molecule has 0 aromatic rings. The van der Waals surface area contributed by atoms with Gasteiger partial charge in [0.1, 0.15) is 0 Å². The Balaban J connectivity index is 1.86. The number of nitrogens with zero attached hydrogens (tertiary/aromatic N) is 2. The molecule has 2 saturated heterocycles. The van der Waals surface area contributed by atoms with Crippen LogP contribution in [0.25, 0.3) is 0 Å². The van der Waals surface area contributed by atoms with Gasteiger partial charge in [-0.15, -0.1) is 0 Å². The van der Waals surface area contributed by atoms with Gasteiger partial charge in [0.2, 0.25) is 0 Å². The number of nitrogens with one attached hydrogen (secondary N) is 1. The molecule has 0 saturated carbocycles. The van der Waals surface area contributed by atoms with Crippen molar-refractivity contribution >= 4 is 6.03 Å². The Labute approximate surface area is 111 Å². The lowest BCUT2D eigenvalue weighted by atomic mass is 9.98. The molecule has 4 nitrogen and oxygen atoms in total. The van der Waals surface area contributed by atoms with Crippen LogP contribution >= 0.6 is 0 Å². The van der Waals surface area contributed by atoms with E-state index >= 15 is 0 Å². The summed E-state index contributed by atoms with van der Waals surface area (Å²) < 4.78 is 0. The molecule has 0 radical (unpaired) electrons. The van der Waals surface area contributed by atoms with E-state index in [-0.39, 0.29) is 6.03 Å². The number of likely N-dealkylation sites (tertiary alicyclic amines) is 2. The van der Waals surface area contributed by atoms with Crippen molar-refractivity contribution in [1.82, 2.24) is 15.1 Å². The zero-order chi connectivity index (χ0) is 12.8. The van der Waals surface area contributed by atoms with E-state index in [1.807, 2.05) is 7.05 Å². The minimum absolute atomic E-state index is 0.290. The first-order chi connectivity index (χ1) is 8.81. The Morgan fingerprint density at radius 2 is 1.72 bits per heavy atom. The molecule has 2 rings (SSSR count). The van der Waals surface area contributed by atoms with Crippen LogP contribution < -0.4 is 5.32 Å².